The molecule has 0 fully saturated rings. The van der Waals surface area contributed by atoms with Crippen LogP contribution in [0, 0.1) is 5.92 Å². The first-order valence-electron chi connectivity index (χ1n) is 5.99. The predicted molar refractivity (Wildman–Crippen MR) is 74.7 cm³/mol. The lowest BCUT2D eigenvalue weighted by Crippen LogP contribution is -2.31. The summed E-state index contributed by atoms with van der Waals surface area (Å²) in [4.78, 5) is 23.6. The van der Waals surface area contributed by atoms with Gasteiger partial charge < -0.3 is 9.73 Å². The molecule has 1 aromatic carbocycles. The number of carbonyl (C=O) groups is 1. The van der Waals surface area contributed by atoms with Gasteiger partial charge in [-0.1, -0.05) is 25.4 Å². The average Bonchev–Trinajstić information content (AvgIpc) is 2.35. The number of rotatable bonds is 3. The zero-order valence-electron chi connectivity index (χ0n) is 10.7. The first-order chi connectivity index (χ1) is 8.97. The van der Waals surface area contributed by atoms with Gasteiger partial charge in [0.1, 0.15) is 11.1 Å². The topological polar surface area (TPSA) is 59.3 Å². The molecule has 0 aliphatic rings. The maximum absolute atomic E-state index is 11.9. The molecule has 0 saturated carbocycles. The van der Waals surface area contributed by atoms with E-state index < -0.39 is 11.5 Å². The fourth-order valence-corrected chi connectivity index (χ4v) is 1.83. The highest BCUT2D eigenvalue weighted by atomic mass is 35.5. The van der Waals surface area contributed by atoms with Crippen molar-refractivity contribution in [2.75, 3.05) is 6.54 Å². The first-order valence-corrected chi connectivity index (χ1v) is 6.37. The van der Waals surface area contributed by atoms with Gasteiger partial charge in [0, 0.05) is 17.0 Å². The molecule has 0 aliphatic carbocycles. The minimum Gasteiger partial charge on any atom is -0.422 e. The van der Waals surface area contributed by atoms with Crippen molar-refractivity contribution in [3.05, 3.63) is 45.3 Å². The van der Waals surface area contributed by atoms with Crippen molar-refractivity contribution in [1.29, 1.82) is 0 Å². The Bertz CT molecular complexity index is 676. The smallest absolute Gasteiger partial charge is 0.349 e. The number of nitrogens with one attached hydrogen (secondary N) is 1. The second-order valence-corrected chi connectivity index (χ2v) is 5.17. The highest BCUT2D eigenvalue weighted by molar-refractivity contribution is 6.31. The fraction of sp³-hybridized carbons (Fsp3) is 0.286. The van der Waals surface area contributed by atoms with E-state index in [0.29, 0.717) is 28.5 Å². The van der Waals surface area contributed by atoms with Gasteiger partial charge in [-0.15, -0.1) is 0 Å². The summed E-state index contributed by atoms with van der Waals surface area (Å²) in [5, 5.41) is 3.84. The van der Waals surface area contributed by atoms with E-state index in [0.717, 1.165) is 0 Å². The van der Waals surface area contributed by atoms with Crippen LogP contribution in [0.1, 0.15) is 24.2 Å². The summed E-state index contributed by atoms with van der Waals surface area (Å²) in [6.45, 7) is 4.46. The van der Waals surface area contributed by atoms with Crippen molar-refractivity contribution < 1.29 is 9.21 Å². The highest BCUT2D eigenvalue weighted by Gasteiger charge is 2.13. The zero-order valence-corrected chi connectivity index (χ0v) is 11.5. The van der Waals surface area contributed by atoms with E-state index in [1.807, 2.05) is 13.8 Å². The molecule has 1 heterocycles. The van der Waals surface area contributed by atoms with Gasteiger partial charge in [-0.25, -0.2) is 4.79 Å². The van der Waals surface area contributed by atoms with Crippen LogP contribution in [0.25, 0.3) is 11.0 Å². The van der Waals surface area contributed by atoms with E-state index in [1.54, 1.807) is 18.2 Å². The summed E-state index contributed by atoms with van der Waals surface area (Å²) >= 11 is 5.87. The summed E-state index contributed by atoms with van der Waals surface area (Å²) in [5.74, 6) is -0.116. The molecule has 1 N–H and O–H groups in total. The molecule has 0 saturated heterocycles. The zero-order chi connectivity index (χ0) is 14.0. The Morgan fingerprint density at radius 1 is 1.37 bits per heavy atom. The van der Waals surface area contributed by atoms with Gasteiger partial charge in [-0.2, -0.15) is 0 Å². The van der Waals surface area contributed by atoms with Gasteiger partial charge >= 0.3 is 5.63 Å². The second kappa shape index (κ2) is 5.45. The number of hydrogen-bond donors (Lipinski definition) is 1. The Hall–Kier alpha value is -1.81. The van der Waals surface area contributed by atoms with Crippen LogP contribution in [0.15, 0.2) is 33.5 Å². The van der Waals surface area contributed by atoms with Gasteiger partial charge in [0.15, 0.2) is 0 Å². The summed E-state index contributed by atoms with van der Waals surface area (Å²) in [6, 6.07) is 6.39. The molecule has 19 heavy (non-hydrogen) atoms. The summed E-state index contributed by atoms with van der Waals surface area (Å²) in [5.41, 5.74) is -0.235. The number of amides is 1. The number of carbonyl (C=O) groups excluding carboxylic acids is 1. The van der Waals surface area contributed by atoms with Crippen molar-refractivity contribution in [2.45, 2.75) is 13.8 Å². The maximum atomic E-state index is 11.9. The Morgan fingerprint density at radius 3 is 2.79 bits per heavy atom. The monoisotopic (exact) mass is 279 g/mol. The lowest BCUT2D eigenvalue weighted by atomic mass is 10.1. The summed E-state index contributed by atoms with van der Waals surface area (Å²) in [6.07, 6.45) is 0. The van der Waals surface area contributed by atoms with Crippen LogP contribution in [-0.4, -0.2) is 12.5 Å². The molecular formula is C14H14ClNO3. The minimum absolute atomic E-state index is 0.00424. The van der Waals surface area contributed by atoms with Crippen molar-refractivity contribution in [3.8, 4) is 0 Å². The SMILES string of the molecule is CC(C)CNC(=O)c1cc2cc(Cl)ccc2oc1=O. The van der Waals surface area contributed by atoms with Crippen LogP contribution >= 0.6 is 11.6 Å². The summed E-state index contributed by atoms with van der Waals surface area (Å²) < 4.78 is 5.10. The largest absolute Gasteiger partial charge is 0.422 e. The van der Waals surface area contributed by atoms with Crippen LogP contribution in [0.2, 0.25) is 5.02 Å². The third-order valence-electron chi connectivity index (χ3n) is 2.61. The van der Waals surface area contributed by atoms with Crippen molar-refractivity contribution in [2.24, 2.45) is 5.92 Å². The molecule has 4 nitrogen and oxygen atoms in total. The van der Waals surface area contributed by atoms with E-state index in [4.69, 9.17) is 16.0 Å². The van der Waals surface area contributed by atoms with E-state index in [2.05, 4.69) is 5.32 Å². The van der Waals surface area contributed by atoms with Gasteiger partial charge in [0.2, 0.25) is 0 Å². The van der Waals surface area contributed by atoms with Crippen LogP contribution in [0.3, 0.4) is 0 Å². The molecule has 5 heteroatoms. The van der Waals surface area contributed by atoms with Crippen LogP contribution < -0.4 is 10.9 Å². The van der Waals surface area contributed by atoms with E-state index >= 15 is 0 Å². The minimum atomic E-state index is -0.643. The molecule has 0 spiro atoms. The first kappa shape index (κ1) is 13.6. The molecule has 0 unspecified atom stereocenters. The third-order valence-corrected chi connectivity index (χ3v) is 2.84. The number of benzene rings is 1. The standard InChI is InChI=1S/C14H14ClNO3/c1-8(2)7-16-13(17)11-6-9-5-10(15)3-4-12(9)19-14(11)18/h3-6,8H,7H2,1-2H3,(H,16,17). The molecule has 2 aromatic rings. The van der Waals surface area contributed by atoms with Crippen LogP contribution in [0.5, 0.6) is 0 Å². The van der Waals surface area contributed by atoms with Crippen molar-refractivity contribution in [1.82, 2.24) is 5.32 Å². The summed E-state index contributed by atoms with van der Waals surface area (Å²) in [7, 11) is 0. The average molecular weight is 280 g/mol. The van der Waals surface area contributed by atoms with E-state index in [-0.39, 0.29) is 5.56 Å². The Labute approximate surface area is 115 Å². The van der Waals surface area contributed by atoms with E-state index in [9.17, 15) is 9.59 Å². The van der Waals surface area contributed by atoms with Crippen LogP contribution in [-0.2, 0) is 0 Å². The van der Waals surface area contributed by atoms with E-state index in [1.165, 1.54) is 6.07 Å². The quantitative estimate of drug-likeness (QED) is 0.879. The molecule has 0 aliphatic heterocycles. The van der Waals surface area contributed by atoms with Crippen LogP contribution in [0.4, 0.5) is 0 Å². The molecule has 2 rings (SSSR count). The fourth-order valence-electron chi connectivity index (χ4n) is 1.64. The van der Waals surface area contributed by atoms with Gasteiger partial charge in [-0.05, 0) is 30.2 Å². The van der Waals surface area contributed by atoms with Gasteiger partial charge in [-0.3, -0.25) is 4.79 Å². The highest BCUT2D eigenvalue weighted by Crippen LogP contribution is 2.18. The lowest BCUT2D eigenvalue weighted by molar-refractivity contribution is 0.0945. The number of hydrogen-bond acceptors (Lipinski definition) is 3. The van der Waals surface area contributed by atoms with Crippen molar-refractivity contribution in [3.63, 3.8) is 0 Å². The lowest BCUT2D eigenvalue weighted by Gasteiger charge is -2.07. The predicted octanol–water partition coefficient (Wildman–Crippen LogP) is 2.83. The molecule has 100 valence electrons. The normalized spacial score (nSPS) is 10.9. The number of halogens is 1. The maximum Gasteiger partial charge on any atom is 0.349 e. The Morgan fingerprint density at radius 2 is 2.11 bits per heavy atom. The molecule has 1 aromatic heterocycles. The molecule has 0 atom stereocenters. The second-order valence-electron chi connectivity index (χ2n) is 4.73. The molecule has 0 bridgehead atoms. The third kappa shape index (κ3) is 3.15. The van der Waals surface area contributed by atoms with Crippen molar-refractivity contribution >= 4 is 28.5 Å². The van der Waals surface area contributed by atoms with Gasteiger partial charge in [0.25, 0.3) is 5.91 Å². The Balaban J connectivity index is 2.40. The number of fused-ring (bicyclic) bond motifs is 1. The Kier molecular flexibility index (Phi) is 3.90. The van der Waals surface area contributed by atoms with Gasteiger partial charge in [0.05, 0.1) is 0 Å². The molecular weight excluding hydrogens is 266 g/mol. The molecule has 0 radical (unpaired) electrons. The molecule has 1 amide bonds.